The first-order valence-corrected chi connectivity index (χ1v) is 15.6. The van der Waals surface area contributed by atoms with Gasteiger partial charge in [-0.3, -0.25) is 4.98 Å². The van der Waals surface area contributed by atoms with E-state index in [2.05, 4.69) is 103 Å². The zero-order valence-electron chi connectivity index (χ0n) is 20.8. The smallest absolute Gasteiger partial charge is 0.156 e. The lowest BCUT2D eigenvalue weighted by Gasteiger charge is -2.18. The number of nitrogens with zero attached hydrogens (tertiary/aromatic N) is 2. The summed E-state index contributed by atoms with van der Waals surface area (Å²) in [6.45, 7) is 11.2. The maximum Gasteiger partial charge on any atom is 0.156 e. The molecule has 0 amide bonds. The second kappa shape index (κ2) is 7.89. The molecule has 172 valence electrons. The summed E-state index contributed by atoms with van der Waals surface area (Å²) in [5, 5.41) is 4.85. The van der Waals surface area contributed by atoms with Crippen LogP contribution in [0.3, 0.4) is 0 Å². The molecule has 3 heterocycles. The Hall–Kier alpha value is -3.76. The van der Waals surface area contributed by atoms with Gasteiger partial charge >= 0.3 is 0 Å². The van der Waals surface area contributed by atoms with E-state index in [9.17, 15) is 0 Å². The predicted octanol–water partition coefficient (Wildman–Crippen LogP) is 8.03. The highest BCUT2D eigenvalue weighted by atomic mass is 28.3. The molecule has 0 saturated carbocycles. The molecule has 3 nitrogen and oxygen atoms in total. The van der Waals surface area contributed by atoms with Gasteiger partial charge in [-0.1, -0.05) is 79.4 Å². The topological polar surface area (TPSA) is 38.9 Å². The van der Waals surface area contributed by atoms with E-state index in [1.54, 1.807) is 0 Å². The lowest BCUT2D eigenvalue weighted by molar-refractivity contribution is 0.663. The van der Waals surface area contributed by atoms with E-state index >= 15 is 0 Å². The van der Waals surface area contributed by atoms with Gasteiger partial charge in [-0.15, -0.1) is 0 Å². The second-order valence-electron chi connectivity index (χ2n) is 10.4. The number of hydrogen-bond acceptors (Lipinski definition) is 3. The molecule has 0 fully saturated rings. The van der Waals surface area contributed by atoms with E-state index in [4.69, 9.17) is 9.40 Å². The minimum Gasteiger partial charge on any atom is -0.453 e. The number of aromatic nitrogens is 2. The molecule has 0 atom stereocenters. The van der Waals surface area contributed by atoms with E-state index in [1.165, 1.54) is 21.7 Å². The summed E-state index contributed by atoms with van der Waals surface area (Å²) in [4.78, 5) is 9.77. The molecule has 0 saturated heterocycles. The van der Waals surface area contributed by atoms with E-state index in [1.807, 2.05) is 13.8 Å². The molecule has 35 heavy (non-hydrogen) atoms. The summed E-state index contributed by atoms with van der Waals surface area (Å²) < 4.78 is 6.45. The van der Waals surface area contributed by atoms with Crippen LogP contribution in [0, 0.1) is 13.8 Å². The molecule has 0 radical (unpaired) electrons. The molecule has 0 N–H and O–H groups in total. The van der Waals surface area contributed by atoms with Crippen LogP contribution in [-0.2, 0) is 0 Å². The Morgan fingerprint density at radius 3 is 2.23 bits per heavy atom. The van der Waals surface area contributed by atoms with Crippen LogP contribution in [0.25, 0.3) is 55.2 Å². The predicted molar refractivity (Wildman–Crippen MR) is 150 cm³/mol. The number of aryl methyl sites for hydroxylation is 2. The highest BCUT2D eigenvalue weighted by Crippen LogP contribution is 2.38. The van der Waals surface area contributed by atoms with Crippen LogP contribution in [-0.4, -0.2) is 18.0 Å². The van der Waals surface area contributed by atoms with Gasteiger partial charge < -0.3 is 4.42 Å². The minimum atomic E-state index is -1.47. The first-order chi connectivity index (χ1) is 16.8. The zero-order valence-corrected chi connectivity index (χ0v) is 21.8. The van der Waals surface area contributed by atoms with Crippen LogP contribution in [0.5, 0.6) is 0 Å². The molecule has 0 spiro atoms. The van der Waals surface area contributed by atoms with Crippen LogP contribution in [0.2, 0.25) is 19.6 Å². The highest BCUT2D eigenvalue weighted by molar-refractivity contribution is 6.88. The van der Waals surface area contributed by atoms with Crippen molar-refractivity contribution in [3.63, 3.8) is 0 Å². The average molecular weight is 473 g/mol. The van der Waals surface area contributed by atoms with Crippen molar-refractivity contribution in [3.05, 3.63) is 90.3 Å². The fraction of sp³-hybridized carbons (Fsp3) is 0.161. The summed E-state index contributed by atoms with van der Waals surface area (Å²) >= 11 is 0. The molecule has 0 aliphatic heterocycles. The Balaban J connectivity index is 1.67. The van der Waals surface area contributed by atoms with E-state index in [-0.39, 0.29) is 0 Å². The van der Waals surface area contributed by atoms with Crippen molar-refractivity contribution >= 4 is 46.1 Å². The maximum absolute atomic E-state index is 6.45. The van der Waals surface area contributed by atoms with Crippen molar-refractivity contribution < 1.29 is 4.42 Å². The first-order valence-electron chi connectivity index (χ1n) is 12.1. The molecular weight excluding hydrogens is 444 g/mol. The molecule has 6 rings (SSSR count). The van der Waals surface area contributed by atoms with Crippen molar-refractivity contribution in [3.8, 4) is 22.4 Å². The van der Waals surface area contributed by atoms with Crippen molar-refractivity contribution in [1.82, 2.24) is 9.97 Å². The quantitative estimate of drug-likeness (QED) is 0.245. The van der Waals surface area contributed by atoms with Gasteiger partial charge in [-0.2, -0.15) is 0 Å². The fourth-order valence-corrected chi connectivity index (χ4v) is 6.16. The van der Waals surface area contributed by atoms with E-state index < -0.39 is 8.07 Å². The maximum atomic E-state index is 6.45. The number of furan rings is 1. The van der Waals surface area contributed by atoms with Crippen LogP contribution < -0.4 is 5.19 Å². The largest absolute Gasteiger partial charge is 0.453 e. The third-order valence-electron chi connectivity index (χ3n) is 6.82. The van der Waals surface area contributed by atoms with Crippen molar-refractivity contribution in [2.75, 3.05) is 0 Å². The van der Waals surface area contributed by atoms with Gasteiger partial charge in [0.1, 0.15) is 5.58 Å². The van der Waals surface area contributed by atoms with Crippen LogP contribution in [0.15, 0.2) is 83.3 Å². The molecule has 0 aliphatic rings. The second-order valence-corrected chi connectivity index (χ2v) is 15.5. The Morgan fingerprint density at radius 2 is 1.46 bits per heavy atom. The first kappa shape index (κ1) is 21.7. The van der Waals surface area contributed by atoms with Crippen molar-refractivity contribution in [1.29, 1.82) is 0 Å². The number of hydrogen-bond donors (Lipinski definition) is 0. The minimum absolute atomic E-state index is 0.849. The molecule has 6 aromatic rings. The summed E-state index contributed by atoms with van der Waals surface area (Å²) in [6, 6.07) is 28.1. The summed E-state index contributed by atoms with van der Waals surface area (Å²) in [6.07, 6.45) is 0. The van der Waals surface area contributed by atoms with Crippen molar-refractivity contribution in [2.45, 2.75) is 33.5 Å². The summed E-state index contributed by atoms with van der Waals surface area (Å²) in [7, 11) is -1.47. The SMILES string of the molecule is Cc1cc2c(oc3c(-c4cc(-c5ccccc5)c5cc([Si](C)(C)C)ccc5n4)cccc32)c(C)n1. The van der Waals surface area contributed by atoms with Crippen molar-refractivity contribution in [2.24, 2.45) is 0 Å². The number of pyridine rings is 2. The van der Waals surface area contributed by atoms with E-state index in [0.29, 0.717) is 0 Å². The molecular formula is C31H28N2OSi. The van der Waals surface area contributed by atoms with Gasteiger partial charge in [0.25, 0.3) is 0 Å². The third kappa shape index (κ3) is 3.65. The van der Waals surface area contributed by atoms with Crippen LogP contribution >= 0.6 is 0 Å². The Labute approximate surface area is 206 Å². The van der Waals surface area contributed by atoms with Crippen LogP contribution in [0.4, 0.5) is 0 Å². The fourth-order valence-electron chi connectivity index (χ4n) is 5.00. The molecule has 4 heteroatoms. The Morgan fingerprint density at radius 1 is 0.657 bits per heavy atom. The van der Waals surface area contributed by atoms with Gasteiger partial charge in [0.15, 0.2) is 5.58 Å². The summed E-state index contributed by atoms with van der Waals surface area (Å²) in [5.74, 6) is 0. The normalized spacial score (nSPS) is 12.1. The molecule has 0 unspecified atom stereocenters. The van der Waals surface area contributed by atoms with Gasteiger partial charge in [-0.05, 0) is 49.2 Å². The third-order valence-corrected chi connectivity index (χ3v) is 8.86. The molecule has 0 aliphatic carbocycles. The average Bonchev–Trinajstić information content (AvgIpc) is 3.22. The Kier molecular flexibility index (Phi) is 4.90. The lowest BCUT2D eigenvalue weighted by Crippen LogP contribution is -2.37. The number of rotatable bonds is 3. The van der Waals surface area contributed by atoms with Gasteiger partial charge in [0.2, 0.25) is 0 Å². The van der Waals surface area contributed by atoms with Gasteiger partial charge in [0, 0.05) is 27.4 Å². The number of benzene rings is 3. The number of para-hydroxylation sites is 1. The molecule has 3 aromatic heterocycles. The lowest BCUT2D eigenvalue weighted by atomic mass is 9.97. The van der Waals surface area contributed by atoms with Gasteiger partial charge in [-0.25, -0.2) is 4.98 Å². The summed E-state index contributed by atoms with van der Waals surface area (Å²) in [5.41, 5.74) is 8.95. The van der Waals surface area contributed by atoms with Gasteiger partial charge in [0.05, 0.1) is 25.0 Å². The van der Waals surface area contributed by atoms with E-state index in [0.717, 1.165) is 50.1 Å². The molecule has 0 bridgehead atoms. The highest BCUT2D eigenvalue weighted by Gasteiger charge is 2.20. The molecule has 3 aromatic carbocycles. The monoisotopic (exact) mass is 472 g/mol. The zero-order chi connectivity index (χ0) is 24.3. The van der Waals surface area contributed by atoms with Crippen LogP contribution in [0.1, 0.15) is 11.4 Å². The number of fused-ring (bicyclic) bond motifs is 4. The Bertz CT molecular complexity index is 1740. The standard InChI is InChI=1S/C31H28N2OSi/c1-19-16-27-23-12-9-13-24(31(23)34-30(27)20(2)32-19)29-18-25(21-10-7-6-8-11-21)26-17-22(35(3,4)5)14-15-28(26)33-29/h6-18H,1-5H3.